The van der Waals surface area contributed by atoms with E-state index < -0.39 is 0 Å². The van der Waals surface area contributed by atoms with Gasteiger partial charge in [-0.05, 0) is 38.0 Å². The fourth-order valence-electron chi connectivity index (χ4n) is 2.78. The summed E-state index contributed by atoms with van der Waals surface area (Å²) in [5, 5.41) is 4.18. The summed E-state index contributed by atoms with van der Waals surface area (Å²) in [6.07, 6.45) is 5.52. The first kappa shape index (κ1) is 15.7. The van der Waals surface area contributed by atoms with Gasteiger partial charge >= 0.3 is 0 Å². The van der Waals surface area contributed by atoms with Crippen LogP contribution in [-0.4, -0.2) is 44.8 Å². The monoisotopic (exact) mass is 314 g/mol. The third-order valence-corrected chi connectivity index (χ3v) is 4.14. The van der Waals surface area contributed by atoms with E-state index in [-0.39, 0.29) is 12.0 Å². The molecule has 1 aliphatic rings. The summed E-state index contributed by atoms with van der Waals surface area (Å²) in [7, 11) is 0. The first-order valence-electron chi connectivity index (χ1n) is 8.00. The second kappa shape index (κ2) is 7.37. The number of hydrogen-bond donors (Lipinski definition) is 0. The van der Waals surface area contributed by atoms with Gasteiger partial charge in [0.15, 0.2) is 0 Å². The number of ether oxygens (including phenoxy) is 1. The number of rotatable bonds is 5. The predicted molar refractivity (Wildman–Crippen MR) is 85.6 cm³/mol. The van der Waals surface area contributed by atoms with Crippen molar-refractivity contribution in [2.24, 2.45) is 0 Å². The van der Waals surface area contributed by atoms with Crippen molar-refractivity contribution in [2.45, 2.75) is 39.0 Å². The minimum atomic E-state index is 0.0772. The molecule has 3 rings (SSSR count). The van der Waals surface area contributed by atoms with Gasteiger partial charge < -0.3 is 9.64 Å². The van der Waals surface area contributed by atoms with Crippen LogP contribution in [0.4, 0.5) is 0 Å². The van der Waals surface area contributed by atoms with Crippen molar-refractivity contribution >= 4 is 5.91 Å². The zero-order valence-corrected chi connectivity index (χ0v) is 13.4. The number of aryl methyl sites for hydroxylation is 1. The normalized spacial score (nSPS) is 18.1. The summed E-state index contributed by atoms with van der Waals surface area (Å²) in [5.41, 5.74) is 1.92. The smallest absolute Gasteiger partial charge is 0.244 e. The number of amides is 1. The Morgan fingerprint density at radius 1 is 1.35 bits per heavy atom. The van der Waals surface area contributed by atoms with E-state index in [0.717, 1.165) is 30.8 Å². The molecule has 0 unspecified atom stereocenters. The molecule has 3 heterocycles. The number of pyridine rings is 1. The van der Waals surface area contributed by atoms with Crippen molar-refractivity contribution in [3.63, 3.8) is 0 Å². The van der Waals surface area contributed by atoms with E-state index in [1.807, 2.05) is 36.1 Å². The van der Waals surface area contributed by atoms with Crippen molar-refractivity contribution in [1.29, 1.82) is 0 Å². The van der Waals surface area contributed by atoms with E-state index in [1.54, 1.807) is 17.1 Å². The van der Waals surface area contributed by atoms with Crippen LogP contribution in [0.1, 0.15) is 24.2 Å². The number of hydrogen-bond acceptors (Lipinski definition) is 4. The Morgan fingerprint density at radius 2 is 2.26 bits per heavy atom. The number of likely N-dealkylation sites (tertiary alicyclic amines) is 1. The lowest BCUT2D eigenvalue weighted by Crippen LogP contribution is -2.44. The molecule has 122 valence electrons. The Kier molecular flexibility index (Phi) is 5.02. The van der Waals surface area contributed by atoms with Crippen molar-refractivity contribution in [3.8, 4) is 0 Å². The Labute approximate surface area is 136 Å². The lowest BCUT2D eigenvalue weighted by atomic mass is 10.1. The van der Waals surface area contributed by atoms with E-state index in [2.05, 4.69) is 10.1 Å². The van der Waals surface area contributed by atoms with E-state index in [0.29, 0.717) is 19.7 Å². The highest BCUT2D eigenvalue weighted by atomic mass is 16.5. The summed E-state index contributed by atoms with van der Waals surface area (Å²) in [6, 6.07) is 7.70. The fraction of sp³-hybridized carbons (Fsp3) is 0.471. The number of carbonyl (C=O) groups is 1. The third-order valence-electron chi connectivity index (χ3n) is 4.14. The number of carbonyl (C=O) groups excluding carboxylic acids is 1. The van der Waals surface area contributed by atoms with Crippen LogP contribution in [0.25, 0.3) is 0 Å². The van der Waals surface area contributed by atoms with E-state index >= 15 is 0 Å². The molecule has 6 heteroatoms. The van der Waals surface area contributed by atoms with Gasteiger partial charge in [0.1, 0.15) is 6.54 Å². The molecule has 0 bridgehead atoms. The van der Waals surface area contributed by atoms with Crippen molar-refractivity contribution in [1.82, 2.24) is 19.7 Å². The molecule has 1 fully saturated rings. The lowest BCUT2D eigenvalue weighted by Gasteiger charge is -2.32. The van der Waals surface area contributed by atoms with Gasteiger partial charge in [-0.15, -0.1) is 0 Å². The Bertz CT molecular complexity index is 641. The minimum Gasteiger partial charge on any atom is -0.370 e. The standard InChI is InChI=1S/C17H22N4O2/c1-14-7-9-19-21(14)12-17(22)20-10-4-6-16(11-20)23-13-15-5-2-3-8-18-15/h2-3,5,7-9,16H,4,6,10-13H2,1H3/t16-/m1/s1. The topological polar surface area (TPSA) is 60.2 Å². The van der Waals surface area contributed by atoms with Gasteiger partial charge in [0.25, 0.3) is 0 Å². The van der Waals surface area contributed by atoms with Gasteiger partial charge in [-0.2, -0.15) is 5.10 Å². The second-order valence-electron chi connectivity index (χ2n) is 5.87. The van der Waals surface area contributed by atoms with E-state index in [1.165, 1.54) is 0 Å². The van der Waals surface area contributed by atoms with Crippen molar-refractivity contribution in [2.75, 3.05) is 13.1 Å². The van der Waals surface area contributed by atoms with Crippen LogP contribution < -0.4 is 0 Å². The molecule has 0 N–H and O–H groups in total. The highest BCUT2D eigenvalue weighted by molar-refractivity contribution is 5.76. The zero-order chi connectivity index (χ0) is 16.1. The number of piperidine rings is 1. The van der Waals surface area contributed by atoms with E-state index in [4.69, 9.17) is 4.74 Å². The fourth-order valence-corrected chi connectivity index (χ4v) is 2.78. The molecular weight excluding hydrogens is 292 g/mol. The molecular formula is C17H22N4O2. The summed E-state index contributed by atoms with van der Waals surface area (Å²) >= 11 is 0. The van der Waals surface area contributed by atoms with Gasteiger partial charge in [-0.25, -0.2) is 0 Å². The summed E-state index contributed by atoms with van der Waals surface area (Å²) in [6.45, 7) is 4.18. The number of nitrogens with zero attached hydrogens (tertiary/aromatic N) is 4. The second-order valence-corrected chi connectivity index (χ2v) is 5.87. The maximum absolute atomic E-state index is 12.4. The average molecular weight is 314 g/mol. The van der Waals surface area contributed by atoms with Gasteiger partial charge in [-0.3, -0.25) is 14.5 Å². The first-order valence-corrected chi connectivity index (χ1v) is 8.00. The Hall–Kier alpha value is -2.21. The summed E-state index contributed by atoms with van der Waals surface area (Å²) in [4.78, 5) is 18.6. The minimum absolute atomic E-state index is 0.0772. The SMILES string of the molecule is Cc1ccnn1CC(=O)N1CCC[C@@H](OCc2ccccn2)C1. The van der Waals surface area contributed by atoms with Gasteiger partial charge in [0.05, 0.1) is 18.4 Å². The molecule has 0 radical (unpaired) electrons. The predicted octanol–water partition coefficient (Wildman–Crippen LogP) is 1.79. The molecule has 0 aromatic carbocycles. The maximum atomic E-state index is 12.4. The first-order chi connectivity index (χ1) is 11.2. The molecule has 2 aromatic rings. The van der Waals surface area contributed by atoms with Crippen molar-refractivity contribution in [3.05, 3.63) is 48.0 Å². The lowest BCUT2D eigenvalue weighted by molar-refractivity contribution is -0.136. The quantitative estimate of drug-likeness (QED) is 0.844. The third kappa shape index (κ3) is 4.16. The largest absolute Gasteiger partial charge is 0.370 e. The van der Waals surface area contributed by atoms with Crippen LogP contribution >= 0.6 is 0 Å². The van der Waals surface area contributed by atoms with Crippen molar-refractivity contribution < 1.29 is 9.53 Å². The highest BCUT2D eigenvalue weighted by Crippen LogP contribution is 2.15. The van der Waals surface area contributed by atoms with Gasteiger partial charge in [0, 0.05) is 31.2 Å². The Balaban J connectivity index is 1.51. The molecule has 6 nitrogen and oxygen atoms in total. The van der Waals surface area contributed by atoms with Crippen LogP contribution in [0.2, 0.25) is 0 Å². The van der Waals surface area contributed by atoms with Gasteiger partial charge in [-0.1, -0.05) is 6.07 Å². The van der Waals surface area contributed by atoms with Crippen LogP contribution in [0, 0.1) is 6.92 Å². The molecule has 0 spiro atoms. The zero-order valence-electron chi connectivity index (χ0n) is 13.4. The van der Waals surface area contributed by atoms with Gasteiger partial charge in [0.2, 0.25) is 5.91 Å². The Morgan fingerprint density at radius 3 is 3.00 bits per heavy atom. The maximum Gasteiger partial charge on any atom is 0.244 e. The summed E-state index contributed by atoms with van der Waals surface area (Å²) in [5.74, 6) is 0.0999. The molecule has 1 amide bonds. The molecule has 1 atom stereocenters. The van der Waals surface area contributed by atoms with Crippen LogP contribution in [0.3, 0.4) is 0 Å². The molecule has 0 aliphatic carbocycles. The van der Waals surface area contributed by atoms with Crippen LogP contribution in [-0.2, 0) is 22.7 Å². The summed E-state index contributed by atoms with van der Waals surface area (Å²) < 4.78 is 7.67. The van der Waals surface area contributed by atoms with Crippen LogP contribution in [0.15, 0.2) is 36.7 Å². The van der Waals surface area contributed by atoms with E-state index in [9.17, 15) is 4.79 Å². The molecule has 1 saturated heterocycles. The molecule has 1 aliphatic heterocycles. The molecule has 23 heavy (non-hydrogen) atoms. The highest BCUT2D eigenvalue weighted by Gasteiger charge is 2.24. The average Bonchev–Trinajstić information content (AvgIpc) is 2.99. The van der Waals surface area contributed by atoms with Crippen LogP contribution in [0.5, 0.6) is 0 Å². The number of aromatic nitrogens is 3. The molecule has 0 saturated carbocycles. The molecule has 2 aromatic heterocycles.